The lowest BCUT2D eigenvalue weighted by atomic mass is 9.91. The van der Waals surface area contributed by atoms with Gasteiger partial charge in [0.25, 0.3) is 0 Å². The first-order valence-corrected chi connectivity index (χ1v) is 6.18. The summed E-state index contributed by atoms with van der Waals surface area (Å²) in [5, 5.41) is 0.0208. The lowest BCUT2D eigenvalue weighted by molar-refractivity contribution is -0.0584. The Hall–Kier alpha value is -1.13. The maximum absolute atomic E-state index is 6.04. The van der Waals surface area contributed by atoms with Crippen molar-refractivity contribution in [3.8, 4) is 17.2 Å². The van der Waals surface area contributed by atoms with Crippen molar-refractivity contribution in [2.45, 2.75) is 24.0 Å². The summed E-state index contributed by atoms with van der Waals surface area (Å²) >= 11 is 6.04. The molecule has 100 valence electrons. The van der Waals surface area contributed by atoms with Crippen molar-refractivity contribution >= 4 is 11.6 Å². The van der Waals surface area contributed by atoms with Gasteiger partial charge in [0.2, 0.25) is 0 Å². The van der Waals surface area contributed by atoms with Gasteiger partial charge in [-0.05, 0) is 0 Å². The van der Waals surface area contributed by atoms with E-state index in [1.165, 1.54) is 0 Å². The van der Waals surface area contributed by atoms with Gasteiger partial charge in [-0.25, -0.2) is 0 Å². The molecule has 18 heavy (non-hydrogen) atoms. The highest BCUT2D eigenvalue weighted by atomic mass is 35.5. The summed E-state index contributed by atoms with van der Waals surface area (Å²) in [6.07, 6.45) is 0.692. The zero-order chi connectivity index (χ0) is 13.1. The van der Waals surface area contributed by atoms with Crippen molar-refractivity contribution in [2.24, 2.45) is 0 Å². The summed E-state index contributed by atoms with van der Waals surface area (Å²) in [6.45, 7) is 0. The number of halogens is 1. The minimum absolute atomic E-state index is 0.0192. The molecule has 0 saturated heterocycles. The zero-order valence-electron chi connectivity index (χ0n) is 10.7. The van der Waals surface area contributed by atoms with Gasteiger partial charge >= 0.3 is 0 Å². The van der Waals surface area contributed by atoms with Crippen LogP contribution in [0.5, 0.6) is 17.2 Å². The molecular formula is C13H17ClO4. The second-order valence-electron chi connectivity index (χ2n) is 4.16. The third-order valence-electron chi connectivity index (χ3n) is 3.06. The van der Waals surface area contributed by atoms with Gasteiger partial charge in [0, 0.05) is 31.7 Å². The van der Waals surface area contributed by atoms with Crippen LogP contribution >= 0.6 is 11.6 Å². The molecule has 0 N–H and O–H groups in total. The molecule has 1 aromatic rings. The molecule has 0 amide bonds. The number of alkyl halides is 1. The minimum Gasteiger partial charge on any atom is -0.496 e. The fourth-order valence-corrected chi connectivity index (χ4v) is 2.41. The van der Waals surface area contributed by atoms with Crippen LogP contribution in [0, 0.1) is 0 Å². The Bertz CT molecular complexity index is 388. The van der Waals surface area contributed by atoms with Crippen molar-refractivity contribution < 1.29 is 18.9 Å². The van der Waals surface area contributed by atoms with E-state index < -0.39 is 0 Å². The molecule has 1 aliphatic rings. The normalized spacial score (nSPS) is 26.3. The van der Waals surface area contributed by atoms with E-state index in [1.807, 2.05) is 12.1 Å². The highest BCUT2D eigenvalue weighted by molar-refractivity contribution is 6.21. The number of benzene rings is 1. The molecule has 0 bridgehead atoms. The molecule has 3 atom stereocenters. The summed E-state index contributed by atoms with van der Waals surface area (Å²) in [4.78, 5) is 0. The molecule has 0 aliphatic heterocycles. The fraction of sp³-hybridized carbons (Fsp3) is 0.538. The SMILES string of the molecule is COc1cc(OC)cc(OC2CC(Cl)C2OC)c1. The first-order valence-electron chi connectivity index (χ1n) is 5.74. The van der Waals surface area contributed by atoms with Crippen LogP contribution in [0.25, 0.3) is 0 Å². The third-order valence-corrected chi connectivity index (χ3v) is 3.49. The standard InChI is InChI=1S/C13H17ClO4/c1-15-8-4-9(16-2)6-10(5-8)18-12-7-11(14)13(12)17-3/h4-6,11-13H,7H2,1-3H3. The average Bonchev–Trinajstić information content (AvgIpc) is 2.38. The Morgan fingerprint density at radius 2 is 1.56 bits per heavy atom. The lowest BCUT2D eigenvalue weighted by Gasteiger charge is -2.39. The molecule has 1 fully saturated rings. The largest absolute Gasteiger partial charge is 0.496 e. The summed E-state index contributed by atoms with van der Waals surface area (Å²) in [6, 6.07) is 5.43. The Balaban J connectivity index is 2.09. The van der Waals surface area contributed by atoms with Crippen molar-refractivity contribution in [2.75, 3.05) is 21.3 Å². The second-order valence-corrected chi connectivity index (χ2v) is 4.72. The summed E-state index contributed by atoms with van der Waals surface area (Å²) < 4.78 is 21.5. The molecule has 0 aromatic heterocycles. The number of hydrogen-bond acceptors (Lipinski definition) is 4. The van der Waals surface area contributed by atoms with Crippen molar-refractivity contribution in [1.29, 1.82) is 0 Å². The molecule has 1 aromatic carbocycles. The zero-order valence-corrected chi connectivity index (χ0v) is 11.4. The first kappa shape index (κ1) is 13.3. The number of methoxy groups -OCH3 is 3. The summed E-state index contributed by atoms with van der Waals surface area (Å²) in [7, 11) is 4.85. The minimum atomic E-state index is -0.0659. The lowest BCUT2D eigenvalue weighted by Crippen LogP contribution is -2.52. The van der Waals surface area contributed by atoms with E-state index in [9.17, 15) is 0 Å². The van der Waals surface area contributed by atoms with E-state index in [4.69, 9.17) is 30.5 Å². The summed E-state index contributed by atoms with van der Waals surface area (Å²) in [5.41, 5.74) is 0. The van der Waals surface area contributed by atoms with E-state index in [1.54, 1.807) is 27.4 Å². The fourth-order valence-electron chi connectivity index (χ4n) is 1.97. The van der Waals surface area contributed by atoms with Crippen LogP contribution in [0.3, 0.4) is 0 Å². The molecule has 3 unspecified atom stereocenters. The number of hydrogen-bond donors (Lipinski definition) is 0. The van der Waals surface area contributed by atoms with Gasteiger partial charge in [-0.2, -0.15) is 0 Å². The van der Waals surface area contributed by atoms with E-state index >= 15 is 0 Å². The van der Waals surface area contributed by atoms with Gasteiger partial charge < -0.3 is 18.9 Å². The molecule has 1 saturated carbocycles. The first-order chi connectivity index (χ1) is 8.67. The van der Waals surface area contributed by atoms with Crippen LogP contribution in [0.4, 0.5) is 0 Å². The van der Waals surface area contributed by atoms with Gasteiger partial charge in [0.05, 0.1) is 19.6 Å². The Morgan fingerprint density at radius 1 is 1.00 bits per heavy atom. The predicted molar refractivity (Wildman–Crippen MR) is 69.0 cm³/mol. The molecule has 1 aliphatic carbocycles. The number of ether oxygens (including phenoxy) is 4. The van der Waals surface area contributed by atoms with Crippen molar-refractivity contribution in [3.63, 3.8) is 0 Å². The van der Waals surface area contributed by atoms with Crippen LogP contribution in [0.2, 0.25) is 0 Å². The van der Waals surface area contributed by atoms with Gasteiger partial charge in [-0.15, -0.1) is 11.6 Å². The monoisotopic (exact) mass is 272 g/mol. The second kappa shape index (κ2) is 5.67. The Morgan fingerprint density at radius 3 is 2.00 bits per heavy atom. The molecule has 0 spiro atoms. The van der Waals surface area contributed by atoms with E-state index in [0.717, 1.165) is 6.42 Å². The van der Waals surface area contributed by atoms with Crippen LogP contribution in [-0.2, 0) is 4.74 Å². The smallest absolute Gasteiger partial charge is 0.128 e. The van der Waals surface area contributed by atoms with Crippen molar-refractivity contribution in [3.05, 3.63) is 18.2 Å². The maximum atomic E-state index is 6.04. The third kappa shape index (κ3) is 2.65. The predicted octanol–water partition coefficient (Wildman–Crippen LogP) is 2.48. The maximum Gasteiger partial charge on any atom is 0.128 e. The van der Waals surface area contributed by atoms with Crippen LogP contribution < -0.4 is 14.2 Å². The quantitative estimate of drug-likeness (QED) is 0.772. The Kier molecular flexibility index (Phi) is 4.19. The van der Waals surface area contributed by atoms with E-state index in [0.29, 0.717) is 17.2 Å². The topological polar surface area (TPSA) is 36.9 Å². The van der Waals surface area contributed by atoms with Crippen LogP contribution in [-0.4, -0.2) is 38.9 Å². The molecule has 2 rings (SSSR count). The average molecular weight is 273 g/mol. The molecule has 0 radical (unpaired) electrons. The molecule has 0 heterocycles. The summed E-state index contributed by atoms with van der Waals surface area (Å²) in [5.74, 6) is 2.09. The van der Waals surface area contributed by atoms with Crippen molar-refractivity contribution in [1.82, 2.24) is 0 Å². The molecule has 4 nitrogen and oxygen atoms in total. The molecular weight excluding hydrogens is 256 g/mol. The van der Waals surface area contributed by atoms with Gasteiger partial charge in [0.15, 0.2) is 0 Å². The molecule has 5 heteroatoms. The highest BCUT2D eigenvalue weighted by Gasteiger charge is 2.42. The van der Waals surface area contributed by atoms with Gasteiger partial charge in [-0.3, -0.25) is 0 Å². The Labute approximate surface area is 112 Å². The van der Waals surface area contributed by atoms with Crippen LogP contribution in [0.1, 0.15) is 6.42 Å². The van der Waals surface area contributed by atoms with Gasteiger partial charge in [-0.1, -0.05) is 0 Å². The van der Waals surface area contributed by atoms with Crippen LogP contribution in [0.15, 0.2) is 18.2 Å². The van der Waals surface area contributed by atoms with Gasteiger partial charge in [0.1, 0.15) is 29.5 Å². The highest BCUT2D eigenvalue weighted by Crippen LogP contribution is 2.35. The van der Waals surface area contributed by atoms with E-state index in [-0.39, 0.29) is 17.6 Å². The number of rotatable bonds is 5. The van der Waals surface area contributed by atoms with E-state index in [2.05, 4.69) is 0 Å².